The van der Waals surface area contributed by atoms with Gasteiger partial charge in [-0.3, -0.25) is 23.9 Å². The van der Waals surface area contributed by atoms with Gasteiger partial charge in [0.25, 0.3) is 11.8 Å². The van der Waals surface area contributed by atoms with Gasteiger partial charge in [-0.15, -0.1) is 0 Å². The molecule has 0 saturated carbocycles. The second kappa shape index (κ2) is 14.7. The second-order valence-electron chi connectivity index (χ2n) is 8.48. The van der Waals surface area contributed by atoms with E-state index in [0.29, 0.717) is 18.8 Å². The van der Waals surface area contributed by atoms with Crippen LogP contribution in [0.5, 0.6) is 11.5 Å². The molecule has 2 amide bonds. The van der Waals surface area contributed by atoms with Crippen molar-refractivity contribution in [3.63, 3.8) is 0 Å². The number of amides is 2. The molecule has 0 fully saturated rings. The Labute approximate surface area is 237 Å². The third-order valence-electron chi connectivity index (χ3n) is 5.75. The van der Waals surface area contributed by atoms with Crippen LogP contribution in [0.4, 0.5) is 0 Å². The van der Waals surface area contributed by atoms with Crippen molar-refractivity contribution in [1.29, 1.82) is 0 Å². The number of pyridine rings is 2. The molecule has 5 N–H and O–H groups in total. The highest BCUT2D eigenvalue weighted by Crippen LogP contribution is 2.17. The minimum absolute atomic E-state index is 0. The highest BCUT2D eigenvalue weighted by Gasteiger charge is 2.23. The molecular weight excluding hydrogens is 526 g/mol. The smallest absolute Gasteiger partial charge is 0.271 e. The highest BCUT2D eigenvalue weighted by molar-refractivity contribution is 5.95. The van der Waals surface area contributed by atoms with E-state index in [2.05, 4.69) is 5.32 Å². The van der Waals surface area contributed by atoms with Gasteiger partial charge in [-0.2, -0.15) is 0 Å². The van der Waals surface area contributed by atoms with Crippen LogP contribution in [0.3, 0.4) is 0 Å². The van der Waals surface area contributed by atoms with E-state index in [0.717, 1.165) is 15.8 Å². The summed E-state index contributed by atoms with van der Waals surface area (Å²) in [7, 11) is 0. The first kappa shape index (κ1) is 31.9. The number of hydrogen-bond acceptors (Lipinski definition) is 7. The number of hydrogen-bond donors (Lipinski definition) is 3. The van der Waals surface area contributed by atoms with Gasteiger partial charge in [0, 0.05) is 37.6 Å². The maximum atomic E-state index is 11.9. The van der Waals surface area contributed by atoms with Crippen LogP contribution in [0.15, 0.2) is 94.8 Å². The second-order valence-corrected chi connectivity index (χ2v) is 8.48. The lowest BCUT2D eigenvalue weighted by Crippen LogP contribution is -2.37. The van der Waals surface area contributed by atoms with Gasteiger partial charge in [-0.25, -0.2) is 0 Å². The molecular formula is C30H35N5O6. The minimum Gasteiger partial charge on any atom is -0.483 e. The lowest BCUT2D eigenvalue weighted by Gasteiger charge is -2.21. The number of rotatable bonds is 7. The van der Waals surface area contributed by atoms with Gasteiger partial charge in [-0.05, 0) is 11.1 Å². The Balaban J connectivity index is 0.000000274. The van der Waals surface area contributed by atoms with E-state index >= 15 is 0 Å². The summed E-state index contributed by atoms with van der Waals surface area (Å²) >= 11 is 0. The number of carbonyl (C=O) groups is 2. The van der Waals surface area contributed by atoms with Crippen LogP contribution in [-0.4, -0.2) is 27.6 Å². The van der Waals surface area contributed by atoms with E-state index < -0.39 is 11.3 Å². The van der Waals surface area contributed by atoms with Crippen molar-refractivity contribution in [1.82, 2.24) is 14.6 Å². The standard InChI is InChI=1S/C15H14N2O3.C13H13N3O3.2CH4/c18-12-6-8-17-9-7-16-15(19)13(17)14(12)20-10-11-4-2-1-3-5-11;14-13(18)11-12(10(17)6-7-16(11)15)19-8-9-4-2-1-3-5-9;;/h1-6,8H,7,9-10H2,(H,16,19);1-7H,8,15H2,(H2,14,18);2*1H4. The molecule has 216 valence electrons. The van der Waals surface area contributed by atoms with E-state index in [1.807, 2.05) is 60.7 Å². The number of nitrogens with zero attached hydrogens (tertiary/aromatic N) is 2. The molecule has 0 bridgehead atoms. The lowest BCUT2D eigenvalue weighted by molar-refractivity contribution is 0.0918. The average Bonchev–Trinajstić information content (AvgIpc) is 2.94. The summed E-state index contributed by atoms with van der Waals surface area (Å²) in [5.41, 5.74) is 6.45. The number of carbonyl (C=O) groups excluding carboxylic acids is 2. The molecule has 1 aliphatic rings. The van der Waals surface area contributed by atoms with Gasteiger partial charge >= 0.3 is 0 Å². The number of nitrogen functional groups attached to an aromatic ring is 1. The fourth-order valence-corrected chi connectivity index (χ4v) is 3.86. The Kier molecular flexibility index (Phi) is 11.5. The molecule has 3 heterocycles. The van der Waals surface area contributed by atoms with Crippen LogP contribution in [0, 0.1) is 0 Å². The first-order valence-electron chi connectivity index (χ1n) is 12.0. The molecule has 0 unspecified atom stereocenters. The quantitative estimate of drug-likeness (QED) is 0.292. The molecule has 2 aromatic carbocycles. The van der Waals surface area contributed by atoms with Crippen molar-refractivity contribution in [2.75, 3.05) is 12.4 Å². The van der Waals surface area contributed by atoms with Crippen molar-refractivity contribution in [3.05, 3.63) is 128 Å². The molecule has 11 nitrogen and oxygen atoms in total. The molecule has 0 atom stereocenters. The van der Waals surface area contributed by atoms with Crippen molar-refractivity contribution in [3.8, 4) is 11.5 Å². The fourth-order valence-electron chi connectivity index (χ4n) is 3.86. The SMILES string of the molecule is C.C.NC(=O)c1c(OCc2ccccc2)c(=O)ccn1N.O=C1NCCn2ccc(=O)c(OCc3ccccc3)c21. The highest BCUT2D eigenvalue weighted by atomic mass is 16.5. The molecule has 4 aromatic rings. The van der Waals surface area contributed by atoms with E-state index in [-0.39, 0.29) is 56.6 Å². The molecule has 41 heavy (non-hydrogen) atoms. The Hall–Kier alpha value is -5.32. The first-order valence-corrected chi connectivity index (χ1v) is 12.0. The number of nitrogens with two attached hydrogens (primary N) is 2. The molecule has 2 aromatic heterocycles. The topological polar surface area (TPSA) is 161 Å². The summed E-state index contributed by atoms with van der Waals surface area (Å²) in [6.07, 6.45) is 2.89. The molecule has 1 aliphatic heterocycles. The van der Waals surface area contributed by atoms with Gasteiger partial charge in [0.2, 0.25) is 10.9 Å². The van der Waals surface area contributed by atoms with Gasteiger partial charge in [0.1, 0.15) is 13.2 Å². The summed E-state index contributed by atoms with van der Waals surface area (Å²) in [5, 5.41) is 2.73. The predicted octanol–water partition coefficient (Wildman–Crippen LogP) is 2.68. The predicted molar refractivity (Wildman–Crippen MR) is 157 cm³/mol. The van der Waals surface area contributed by atoms with Gasteiger partial charge in [-0.1, -0.05) is 75.5 Å². The van der Waals surface area contributed by atoms with Gasteiger partial charge < -0.3 is 30.9 Å². The van der Waals surface area contributed by atoms with E-state index in [4.69, 9.17) is 21.1 Å². The molecule has 0 radical (unpaired) electrons. The van der Waals surface area contributed by atoms with Gasteiger partial charge in [0.05, 0.1) is 0 Å². The van der Waals surface area contributed by atoms with Crippen LogP contribution in [0.1, 0.15) is 47.0 Å². The molecule has 5 rings (SSSR count). The molecule has 11 heteroatoms. The van der Waals surface area contributed by atoms with E-state index in [1.165, 1.54) is 18.3 Å². The third-order valence-corrected chi connectivity index (χ3v) is 5.75. The zero-order chi connectivity index (χ0) is 27.8. The maximum absolute atomic E-state index is 11.9. The molecule has 0 saturated heterocycles. The monoisotopic (exact) mass is 561 g/mol. The van der Waals surface area contributed by atoms with Crippen LogP contribution >= 0.6 is 0 Å². The summed E-state index contributed by atoms with van der Waals surface area (Å²) in [6, 6.07) is 21.4. The fraction of sp³-hybridized carbons (Fsp3) is 0.200. The average molecular weight is 562 g/mol. The number of aromatic nitrogens is 2. The lowest BCUT2D eigenvalue weighted by atomic mass is 10.2. The minimum atomic E-state index is -0.816. The zero-order valence-electron chi connectivity index (χ0n) is 20.9. The summed E-state index contributed by atoms with van der Waals surface area (Å²) in [5.74, 6) is 4.46. The summed E-state index contributed by atoms with van der Waals surface area (Å²) in [4.78, 5) is 46.9. The number of ether oxygens (including phenoxy) is 2. The number of primary amides is 1. The van der Waals surface area contributed by atoms with Crippen molar-refractivity contribution >= 4 is 11.8 Å². The molecule has 0 aliphatic carbocycles. The van der Waals surface area contributed by atoms with Crippen molar-refractivity contribution in [2.45, 2.75) is 34.6 Å². The van der Waals surface area contributed by atoms with Gasteiger partial charge in [0.15, 0.2) is 22.9 Å². The zero-order valence-corrected chi connectivity index (χ0v) is 20.9. The van der Waals surface area contributed by atoms with Crippen molar-refractivity contribution < 1.29 is 19.1 Å². The Morgan fingerprint density at radius 3 is 1.85 bits per heavy atom. The Morgan fingerprint density at radius 1 is 0.780 bits per heavy atom. The Bertz CT molecular complexity index is 1580. The number of benzene rings is 2. The third kappa shape index (κ3) is 7.85. The normalized spacial score (nSPS) is 11.3. The van der Waals surface area contributed by atoms with Crippen molar-refractivity contribution in [2.24, 2.45) is 5.73 Å². The largest absolute Gasteiger partial charge is 0.483 e. The maximum Gasteiger partial charge on any atom is 0.271 e. The van der Waals surface area contributed by atoms with Crippen LogP contribution in [-0.2, 0) is 19.8 Å². The van der Waals surface area contributed by atoms with E-state index in [1.54, 1.807) is 10.8 Å². The Morgan fingerprint density at radius 2 is 1.29 bits per heavy atom. The van der Waals surface area contributed by atoms with Crippen LogP contribution < -0.4 is 37.2 Å². The van der Waals surface area contributed by atoms with Crippen LogP contribution in [0.25, 0.3) is 0 Å². The summed E-state index contributed by atoms with van der Waals surface area (Å²) < 4.78 is 13.7. The number of nitrogens with one attached hydrogen (secondary N) is 1. The number of fused-ring (bicyclic) bond motifs is 1. The first-order chi connectivity index (χ1) is 18.8. The molecule has 0 spiro atoms. The van der Waals surface area contributed by atoms with Crippen LogP contribution in [0.2, 0.25) is 0 Å². The van der Waals surface area contributed by atoms with E-state index in [9.17, 15) is 19.2 Å². The summed E-state index contributed by atoms with van der Waals surface area (Å²) in [6.45, 7) is 1.62.